The lowest BCUT2D eigenvalue weighted by molar-refractivity contribution is -0.142. The minimum absolute atomic E-state index is 0.0531. The SMILES string of the molecule is CCCN(CC(=O)N1CCc2sccc2C1c1ccc(C)cc1)C(=O)C1CC1. The maximum absolute atomic E-state index is 13.3. The van der Waals surface area contributed by atoms with E-state index in [4.69, 9.17) is 0 Å². The van der Waals surface area contributed by atoms with E-state index >= 15 is 0 Å². The first-order valence-electron chi connectivity index (χ1n) is 10.3. The van der Waals surface area contributed by atoms with E-state index in [1.807, 2.05) is 4.90 Å². The Morgan fingerprint density at radius 1 is 1.18 bits per heavy atom. The van der Waals surface area contributed by atoms with Crippen molar-refractivity contribution in [3.8, 4) is 0 Å². The Kier molecular flexibility index (Phi) is 5.54. The Labute approximate surface area is 171 Å². The molecule has 0 N–H and O–H groups in total. The molecule has 5 heteroatoms. The van der Waals surface area contributed by atoms with Crippen molar-refractivity contribution in [2.24, 2.45) is 5.92 Å². The molecule has 1 aliphatic heterocycles. The Morgan fingerprint density at radius 2 is 1.93 bits per heavy atom. The molecule has 1 aliphatic carbocycles. The fourth-order valence-electron chi connectivity index (χ4n) is 4.07. The van der Waals surface area contributed by atoms with Gasteiger partial charge < -0.3 is 9.80 Å². The second-order valence-electron chi connectivity index (χ2n) is 7.98. The van der Waals surface area contributed by atoms with Crippen molar-refractivity contribution >= 4 is 23.2 Å². The van der Waals surface area contributed by atoms with E-state index in [0.717, 1.165) is 31.2 Å². The summed E-state index contributed by atoms with van der Waals surface area (Å²) in [5.74, 6) is 0.372. The predicted molar refractivity (Wildman–Crippen MR) is 112 cm³/mol. The second-order valence-corrected chi connectivity index (χ2v) is 8.98. The molecule has 4 nitrogen and oxygen atoms in total. The first-order valence-corrected chi connectivity index (χ1v) is 11.2. The summed E-state index contributed by atoms with van der Waals surface area (Å²) in [5.41, 5.74) is 3.60. The molecule has 0 radical (unpaired) electrons. The molecule has 1 aromatic carbocycles. The highest BCUT2D eigenvalue weighted by molar-refractivity contribution is 7.10. The molecular weight excluding hydrogens is 368 g/mol. The van der Waals surface area contributed by atoms with Gasteiger partial charge >= 0.3 is 0 Å². The highest BCUT2D eigenvalue weighted by atomic mass is 32.1. The number of hydrogen-bond donors (Lipinski definition) is 0. The van der Waals surface area contributed by atoms with Crippen molar-refractivity contribution in [2.75, 3.05) is 19.6 Å². The Balaban J connectivity index is 1.60. The van der Waals surface area contributed by atoms with Crippen LogP contribution in [0.4, 0.5) is 0 Å². The lowest BCUT2D eigenvalue weighted by Gasteiger charge is -2.37. The smallest absolute Gasteiger partial charge is 0.242 e. The molecule has 1 atom stereocenters. The van der Waals surface area contributed by atoms with Crippen LogP contribution in [0.3, 0.4) is 0 Å². The molecule has 2 amide bonds. The zero-order valence-corrected chi connectivity index (χ0v) is 17.5. The molecule has 0 saturated heterocycles. The maximum Gasteiger partial charge on any atom is 0.242 e. The van der Waals surface area contributed by atoms with Gasteiger partial charge in [0.25, 0.3) is 0 Å². The predicted octanol–water partition coefficient (Wildman–Crippen LogP) is 4.18. The summed E-state index contributed by atoms with van der Waals surface area (Å²) in [7, 11) is 0. The van der Waals surface area contributed by atoms with Gasteiger partial charge in [-0.15, -0.1) is 11.3 Å². The third-order valence-electron chi connectivity index (χ3n) is 5.74. The lowest BCUT2D eigenvalue weighted by atomic mass is 9.92. The Hall–Kier alpha value is -2.14. The van der Waals surface area contributed by atoms with E-state index in [9.17, 15) is 9.59 Å². The minimum Gasteiger partial charge on any atom is -0.333 e. The van der Waals surface area contributed by atoms with Crippen LogP contribution in [-0.4, -0.2) is 41.2 Å². The number of nitrogens with zero attached hydrogens (tertiary/aromatic N) is 2. The van der Waals surface area contributed by atoms with Crippen LogP contribution < -0.4 is 0 Å². The van der Waals surface area contributed by atoms with Crippen LogP contribution in [0.15, 0.2) is 35.7 Å². The number of hydrogen-bond acceptors (Lipinski definition) is 3. The summed E-state index contributed by atoms with van der Waals surface area (Å²) < 4.78 is 0. The van der Waals surface area contributed by atoms with Gasteiger partial charge in [0, 0.05) is 23.9 Å². The monoisotopic (exact) mass is 396 g/mol. The average Bonchev–Trinajstić information content (AvgIpc) is 3.44. The average molecular weight is 397 g/mol. The first kappa shape index (κ1) is 19.2. The Bertz CT molecular complexity index is 854. The summed E-state index contributed by atoms with van der Waals surface area (Å²) in [6, 6.07) is 10.6. The quantitative estimate of drug-likeness (QED) is 0.735. The standard InChI is InChI=1S/C23H28N2O2S/c1-3-12-24(23(27)18-8-9-18)15-21(26)25-13-10-20-19(11-14-28-20)22(25)17-6-4-16(2)5-7-17/h4-7,11,14,18,22H,3,8-10,12-13,15H2,1-2H3. The summed E-state index contributed by atoms with van der Waals surface area (Å²) in [6.07, 6.45) is 3.72. The van der Waals surface area contributed by atoms with Gasteiger partial charge in [-0.25, -0.2) is 0 Å². The third kappa shape index (κ3) is 3.86. The van der Waals surface area contributed by atoms with Gasteiger partial charge in [0.1, 0.15) is 0 Å². The molecule has 2 aliphatic rings. The number of carbonyl (C=O) groups is 2. The molecule has 2 aromatic rings. The molecule has 4 rings (SSSR count). The van der Waals surface area contributed by atoms with E-state index < -0.39 is 0 Å². The molecule has 1 fully saturated rings. The molecular formula is C23H28N2O2S. The number of amides is 2. The number of thiophene rings is 1. The van der Waals surface area contributed by atoms with Crippen molar-refractivity contribution in [3.05, 3.63) is 57.3 Å². The zero-order chi connectivity index (χ0) is 19.7. The van der Waals surface area contributed by atoms with E-state index in [1.54, 1.807) is 16.2 Å². The molecule has 1 unspecified atom stereocenters. The zero-order valence-electron chi connectivity index (χ0n) is 16.7. The first-order chi connectivity index (χ1) is 13.6. The Morgan fingerprint density at radius 3 is 2.61 bits per heavy atom. The highest BCUT2D eigenvalue weighted by Crippen LogP contribution is 2.38. The number of aryl methyl sites for hydroxylation is 1. The van der Waals surface area contributed by atoms with Gasteiger partial charge in [-0.2, -0.15) is 0 Å². The van der Waals surface area contributed by atoms with Gasteiger partial charge in [-0.3, -0.25) is 9.59 Å². The van der Waals surface area contributed by atoms with Gasteiger partial charge in [0.05, 0.1) is 12.6 Å². The number of carbonyl (C=O) groups excluding carboxylic acids is 2. The molecule has 2 heterocycles. The van der Waals surface area contributed by atoms with E-state index in [0.29, 0.717) is 13.1 Å². The van der Waals surface area contributed by atoms with Crippen LogP contribution in [0.2, 0.25) is 0 Å². The van der Waals surface area contributed by atoms with Crippen molar-refractivity contribution < 1.29 is 9.59 Å². The van der Waals surface area contributed by atoms with Gasteiger partial charge in [-0.1, -0.05) is 36.8 Å². The summed E-state index contributed by atoms with van der Waals surface area (Å²) in [5, 5.41) is 2.12. The fourth-order valence-corrected chi connectivity index (χ4v) is 4.98. The maximum atomic E-state index is 13.3. The molecule has 1 aromatic heterocycles. The molecule has 0 spiro atoms. The highest BCUT2D eigenvalue weighted by Gasteiger charge is 2.37. The van der Waals surface area contributed by atoms with Crippen LogP contribution in [-0.2, 0) is 16.0 Å². The van der Waals surface area contributed by atoms with Crippen molar-refractivity contribution in [3.63, 3.8) is 0 Å². The fraction of sp³-hybridized carbons (Fsp3) is 0.478. The largest absolute Gasteiger partial charge is 0.333 e. The van der Waals surface area contributed by atoms with Crippen molar-refractivity contribution in [2.45, 2.75) is 45.6 Å². The van der Waals surface area contributed by atoms with E-state index in [1.165, 1.54) is 16.0 Å². The van der Waals surface area contributed by atoms with Crippen LogP contribution in [0, 0.1) is 12.8 Å². The molecule has 0 bridgehead atoms. The third-order valence-corrected chi connectivity index (χ3v) is 6.73. The van der Waals surface area contributed by atoms with Crippen LogP contribution >= 0.6 is 11.3 Å². The molecule has 28 heavy (non-hydrogen) atoms. The lowest BCUT2D eigenvalue weighted by Crippen LogP contribution is -2.47. The number of fused-ring (bicyclic) bond motifs is 1. The van der Waals surface area contributed by atoms with Gasteiger partial charge in [0.15, 0.2) is 0 Å². The van der Waals surface area contributed by atoms with Gasteiger partial charge in [0.2, 0.25) is 11.8 Å². The molecule has 148 valence electrons. The van der Waals surface area contributed by atoms with E-state index in [-0.39, 0.29) is 30.3 Å². The van der Waals surface area contributed by atoms with Crippen molar-refractivity contribution in [1.29, 1.82) is 0 Å². The summed E-state index contributed by atoms with van der Waals surface area (Å²) in [6.45, 7) is 5.71. The second kappa shape index (κ2) is 8.08. The summed E-state index contributed by atoms with van der Waals surface area (Å²) >= 11 is 1.78. The van der Waals surface area contributed by atoms with Crippen molar-refractivity contribution in [1.82, 2.24) is 9.80 Å². The summed E-state index contributed by atoms with van der Waals surface area (Å²) in [4.78, 5) is 31.1. The van der Waals surface area contributed by atoms with Crippen LogP contribution in [0.5, 0.6) is 0 Å². The molecule has 1 saturated carbocycles. The van der Waals surface area contributed by atoms with Crippen LogP contribution in [0.25, 0.3) is 0 Å². The topological polar surface area (TPSA) is 40.6 Å². The minimum atomic E-state index is -0.0531. The van der Waals surface area contributed by atoms with Crippen LogP contribution in [0.1, 0.15) is 53.8 Å². The normalized spacial score (nSPS) is 18.6. The number of rotatable bonds is 6. The van der Waals surface area contributed by atoms with Gasteiger partial charge in [-0.05, 0) is 55.2 Å². The number of benzene rings is 1. The van der Waals surface area contributed by atoms with E-state index in [2.05, 4.69) is 49.6 Å².